The van der Waals surface area contributed by atoms with Crippen LogP contribution in [-0.2, 0) is 17.9 Å². The zero-order chi connectivity index (χ0) is 22.3. The van der Waals surface area contributed by atoms with Crippen LogP contribution in [0.4, 0.5) is 5.69 Å². The Labute approximate surface area is 188 Å². The molecule has 7 nitrogen and oxygen atoms in total. The first-order valence-electron chi connectivity index (χ1n) is 11.0. The van der Waals surface area contributed by atoms with Crippen molar-refractivity contribution in [3.63, 3.8) is 0 Å². The first-order chi connectivity index (χ1) is 15.7. The van der Waals surface area contributed by atoms with E-state index in [4.69, 9.17) is 0 Å². The van der Waals surface area contributed by atoms with Crippen LogP contribution in [0.15, 0.2) is 77.5 Å². The summed E-state index contributed by atoms with van der Waals surface area (Å²) in [5.41, 5.74) is 2.46. The van der Waals surface area contributed by atoms with Gasteiger partial charge in [-0.1, -0.05) is 54.6 Å². The smallest absolute Gasteiger partial charge is 0.278 e. The van der Waals surface area contributed by atoms with Gasteiger partial charge in [-0.25, -0.2) is 0 Å². The van der Waals surface area contributed by atoms with Gasteiger partial charge in [0.1, 0.15) is 0 Å². The van der Waals surface area contributed by atoms with Crippen LogP contribution in [0.3, 0.4) is 0 Å². The summed E-state index contributed by atoms with van der Waals surface area (Å²) in [5.74, 6) is -0.363. The molecule has 0 saturated carbocycles. The monoisotopic (exact) mass is 431 g/mol. The van der Waals surface area contributed by atoms with E-state index in [1.54, 1.807) is 10.6 Å². The zero-order valence-corrected chi connectivity index (χ0v) is 18.2. The van der Waals surface area contributed by atoms with Crippen LogP contribution in [0.5, 0.6) is 5.88 Å². The molecule has 1 aliphatic rings. The highest BCUT2D eigenvalue weighted by molar-refractivity contribution is 5.95. The first-order valence-corrected chi connectivity index (χ1v) is 11.0. The molecule has 1 aliphatic heterocycles. The number of amides is 1. The molecule has 0 bridgehead atoms. The molecular formula is C25H29N5O2. The number of benzene rings is 2. The second kappa shape index (κ2) is 10.3. The van der Waals surface area contributed by atoms with Crippen LogP contribution in [0, 0.1) is 0 Å². The SMILES string of the molecule is C=CCn1c(O)c(N=NC(=O)CNC2CCN(Cc3ccccc3)CC2)c2ccccc21. The summed E-state index contributed by atoms with van der Waals surface area (Å²) in [6.07, 6.45) is 3.69. The molecule has 1 amide bonds. The molecule has 2 heterocycles. The Hall–Kier alpha value is -3.29. The fourth-order valence-electron chi connectivity index (χ4n) is 4.19. The van der Waals surface area contributed by atoms with Crippen molar-refractivity contribution in [2.45, 2.75) is 32.0 Å². The summed E-state index contributed by atoms with van der Waals surface area (Å²) < 4.78 is 1.70. The van der Waals surface area contributed by atoms with Crippen LogP contribution < -0.4 is 5.32 Å². The quantitative estimate of drug-likeness (QED) is 0.409. The second-order valence-electron chi connectivity index (χ2n) is 8.10. The van der Waals surface area contributed by atoms with Gasteiger partial charge >= 0.3 is 0 Å². The number of fused-ring (bicyclic) bond motifs is 1. The van der Waals surface area contributed by atoms with Gasteiger partial charge in [0, 0.05) is 24.5 Å². The zero-order valence-electron chi connectivity index (χ0n) is 18.2. The molecule has 0 radical (unpaired) electrons. The molecule has 0 spiro atoms. The topological polar surface area (TPSA) is 82.2 Å². The van der Waals surface area contributed by atoms with E-state index in [0.717, 1.165) is 43.4 Å². The van der Waals surface area contributed by atoms with Crippen molar-refractivity contribution >= 4 is 22.5 Å². The number of rotatable bonds is 8. The fourth-order valence-corrected chi connectivity index (χ4v) is 4.19. The normalized spacial score (nSPS) is 15.5. The van der Waals surface area contributed by atoms with E-state index in [1.165, 1.54) is 5.56 Å². The molecule has 0 aliphatic carbocycles. The van der Waals surface area contributed by atoms with Gasteiger partial charge in [0.05, 0.1) is 12.1 Å². The number of nitrogens with one attached hydrogen (secondary N) is 1. The van der Waals surface area contributed by atoms with Crippen molar-refractivity contribution in [2.24, 2.45) is 10.2 Å². The highest BCUT2D eigenvalue weighted by atomic mass is 16.3. The van der Waals surface area contributed by atoms with Gasteiger partial charge in [-0.3, -0.25) is 9.69 Å². The molecule has 2 aromatic carbocycles. The van der Waals surface area contributed by atoms with Crippen LogP contribution in [-0.4, -0.2) is 46.2 Å². The summed E-state index contributed by atoms with van der Waals surface area (Å²) in [6.45, 7) is 7.27. The average Bonchev–Trinajstić information content (AvgIpc) is 3.09. The first kappa shape index (κ1) is 21.9. The minimum absolute atomic E-state index is 0.0126. The van der Waals surface area contributed by atoms with Crippen LogP contribution in [0.2, 0.25) is 0 Å². The van der Waals surface area contributed by atoms with Gasteiger partial charge < -0.3 is 15.0 Å². The van der Waals surface area contributed by atoms with Crippen molar-refractivity contribution in [3.05, 3.63) is 72.8 Å². The summed E-state index contributed by atoms with van der Waals surface area (Å²) in [7, 11) is 0. The molecule has 1 saturated heterocycles. The standard InChI is InChI=1S/C25H29N5O2/c1-2-14-30-22-11-7-6-10-21(22)24(25(30)32)28-27-23(31)17-26-20-12-15-29(16-13-20)18-19-8-4-3-5-9-19/h2-11,20,26,32H,1,12-18H2. The second-order valence-corrected chi connectivity index (χ2v) is 8.10. The van der Waals surface area contributed by atoms with E-state index in [1.807, 2.05) is 30.3 Å². The van der Waals surface area contributed by atoms with Gasteiger partial charge in [0.15, 0.2) is 5.69 Å². The number of piperidine rings is 1. The molecule has 166 valence electrons. The maximum absolute atomic E-state index is 12.3. The summed E-state index contributed by atoms with van der Waals surface area (Å²) in [5, 5.41) is 22.5. The molecule has 32 heavy (non-hydrogen) atoms. The maximum atomic E-state index is 12.3. The lowest BCUT2D eigenvalue weighted by Crippen LogP contribution is -2.43. The van der Waals surface area contributed by atoms with E-state index in [9.17, 15) is 9.90 Å². The highest BCUT2D eigenvalue weighted by Gasteiger charge is 2.20. The number of nitrogens with zero attached hydrogens (tertiary/aromatic N) is 4. The van der Waals surface area contributed by atoms with Gasteiger partial charge in [-0.15, -0.1) is 16.8 Å². The number of hydrogen-bond donors (Lipinski definition) is 2. The lowest BCUT2D eigenvalue weighted by molar-refractivity contribution is -0.117. The Morgan fingerprint density at radius 2 is 1.84 bits per heavy atom. The summed E-state index contributed by atoms with van der Waals surface area (Å²) in [4.78, 5) is 14.7. The van der Waals surface area contributed by atoms with E-state index in [2.05, 4.69) is 51.3 Å². The van der Waals surface area contributed by atoms with Gasteiger partial charge in [0.2, 0.25) is 5.88 Å². The number of allylic oxidation sites excluding steroid dienone is 1. The molecule has 0 unspecified atom stereocenters. The Kier molecular flexibility index (Phi) is 7.09. The minimum Gasteiger partial charge on any atom is -0.493 e. The van der Waals surface area contributed by atoms with Gasteiger partial charge in [-0.05, 0) is 37.6 Å². The third-order valence-electron chi connectivity index (χ3n) is 5.87. The lowest BCUT2D eigenvalue weighted by Gasteiger charge is -2.32. The number of aromatic nitrogens is 1. The lowest BCUT2D eigenvalue weighted by atomic mass is 10.0. The van der Waals surface area contributed by atoms with Crippen molar-refractivity contribution in [2.75, 3.05) is 19.6 Å². The molecular weight excluding hydrogens is 402 g/mol. The summed E-state index contributed by atoms with van der Waals surface area (Å²) >= 11 is 0. The Bertz CT molecular complexity index is 1100. The van der Waals surface area contributed by atoms with Crippen LogP contribution in [0.25, 0.3) is 10.9 Å². The van der Waals surface area contributed by atoms with Crippen LogP contribution in [0.1, 0.15) is 18.4 Å². The predicted molar refractivity (Wildman–Crippen MR) is 126 cm³/mol. The number of para-hydroxylation sites is 1. The van der Waals surface area contributed by atoms with E-state index >= 15 is 0 Å². The molecule has 1 aromatic heterocycles. The van der Waals surface area contributed by atoms with Crippen LogP contribution >= 0.6 is 0 Å². The van der Waals surface area contributed by atoms with Gasteiger partial charge in [-0.2, -0.15) is 0 Å². The van der Waals surface area contributed by atoms with Crippen molar-refractivity contribution in [1.82, 2.24) is 14.8 Å². The summed E-state index contributed by atoms with van der Waals surface area (Å²) in [6, 6.07) is 18.3. The highest BCUT2D eigenvalue weighted by Crippen LogP contribution is 2.38. The third-order valence-corrected chi connectivity index (χ3v) is 5.87. The largest absolute Gasteiger partial charge is 0.493 e. The molecule has 3 aromatic rings. The van der Waals surface area contributed by atoms with Crippen molar-refractivity contribution < 1.29 is 9.90 Å². The Balaban J connectivity index is 1.29. The average molecular weight is 432 g/mol. The molecule has 7 heteroatoms. The number of azo groups is 1. The number of carbonyl (C=O) groups is 1. The van der Waals surface area contributed by atoms with Crippen molar-refractivity contribution in [1.29, 1.82) is 0 Å². The van der Waals surface area contributed by atoms with E-state index < -0.39 is 0 Å². The Morgan fingerprint density at radius 1 is 1.12 bits per heavy atom. The molecule has 0 atom stereocenters. The molecule has 2 N–H and O–H groups in total. The minimum atomic E-state index is -0.350. The van der Waals surface area contributed by atoms with E-state index in [-0.39, 0.29) is 18.3 Å². The number of hydrogen-bond acceptors (Lipinski definition) is 5. The fraction of sp³-hybridized carbons (Fsp3) is 0.320. The number of carbonyl (C=O) groups excluding carboxylic acids is 1. The maximum Gasteiger partial charge on any atom is 0.278 e. The van der Waals surface area contributed by atoms with E-state index in [0.29, 0.717) is 18.3 Å². The Morgan fingerprint density at radius 3 is 2.59 bits per heavy atom. The van der Waals surface area contributed by atoms with Crippen molar-refractivity contribution in [3.8, 4) is 5.88 Å². The molecule has 1 fully saturated rings. The predicted octanol–water partition coefficient (Wildman–Crippen LogP) is 4.40. The third kappa shape index (κ3) is 5.12. The number of likely N-dealkylation sites (tertiary alicyclic amines) is 1. The van der Waals surface area contributed by atoms with Gasteiger partial charge in [0.25, 0.3) is 5.91 Å². The number of aromatic hydroxyl groups is 1. The molecule has 4 rings (SSSR count).